The van der Waals surface area contributed by atoms with E-state index >= 15 is 0 Å². The first-order valence-corrected chi connectivity index (χ1v) is 10.3. The molecule has 3 heterocycles. The lowest BCUT2D eigenvalue weighted by Crippen LogP contribution is -2.36. The molecule has 2 aromatic heterocycles. The van der Waals surface area contributed by atoms with Gasteiger partial charge in [0, 0.05) is 25.0 Å². The molecule has 2 fully saturated rings. The highest BCUT2D eigenvalue weighted by Crippen LogP contribution is 2.32. The van der Waals surface area contributed by atoms with Crippen molar-refractivity contribution in [3.05, 3.63) is 16.2 Å². The molecule has 1 aliphatic heterocycles. The molecule has 0 unspecified atom stereocenters. The molecule has 2 aromatic rings. The van der Waals surface area contributed by atoms with E-state index in [1.54, 1.807) is 17.7 Å². The number of hydrogen-bond donors (Lipinski definition) is 1. The van der Waals surface area contributed by atoms with E-state index in [0.29, 0.717) is 5.91 Å². The zero-order valence-electron chi connectivity index (χ0n) is 13.5. The fourth-order valence-electron chi connectivity index (χ4n) is 3.82. The van der Waals surface area contributed by atoms with Crippen molar-refractivity contribution in [3.63, 3.8) is 0 Å². The van der Waals surface area contributed by atoms with Crippen LogP contribution in [0.15, 0.2) is 16.2 Å². The number of anilines is 1. The molecule has 1 aliphatic carbocycles. The average Bonchev–Trinajstić information content (AvgIpc) is 3.21. The Morgan fingerprint density at radius 1 is 1.25 bits per heavy atom. The van der Waals surface area contributed by atoms with Gasteiger partial charge in [0.05, 0.1) is 9.17 Å². The lowest BCUT2D eigenvalue weighted by atomic mass is 9.88. The third-order valence-electron chi connectivity index (χ3n) is 5.09. The zero-order valence-corrected chi connectivity index (χ0v) is 15.9. The highest BCUT2D eigenvalue weighted by atomic mass is 79.9. The predicted molar refractivity (Wildman–Crippen MR) is 100 cm³/mol. The third-order valence-corrected chi connectivity index (χ3v) is 6.64. The van der Waals surface area contributed by atoms with E-state index in [2.05, 4.69) is 42.2 Å². The van der Waals surface area contributed by atoms with Crippen LogP contribution in [0.2, 0.25) is 0 Å². The van der Waals surface area contributed by atoms with Crippen molar-refractivity contribution in [2.24, 2.45) is 5.92 Å². The molecule has 24 heavy (non-hydrogen) atoms. The summed E-state index contributed by atoms with van der Waals surface area (Å²) in [4.78, 5) is 24.4. The first-order valence-electron chi connectivity index (χ1n) is 8.66. The van der Waals surface area contributed by atoms with Gasteiger partial charge in [0.15, 0.2) is 0 Å². The first kappa shape index (κ1) is 16.3. The van der Waals surface area contributed by atoms with E-state index < -0.39 is 0 Å². The Balaban J connectivity index is 1.42. The quantitative estimate of drug-likeness (QED) is 0.831. The zero-order chi connectivity index (χ0) is 16.5. The maximum Gasteiger partial charge on any atom is 0.225 e. The van der Waals surface area contributed by atoms with Crippen molar-refractivity contribution < 1.29 is 4.79 Å². The third kappa shape index (κ3) is 3.28. The Hall–Kier alpha value is -1.21. The fourth-order valence-corrected chi connectivity index (χ4v) is 5.24. The molecule has 0 spiro atoms. The smallest absolute Gasteiger partial charge is 0.225 e. The van der Waals surface area contributed by atoms with Crippen LogP contribution in [-0.4, -0.2) is 39.9 Å². The molecule has 2 aliphatic rings. The molecular formula is C17H21BrN4OS. The second-order valence-electron chi connectivity index (χ2n) is 6.74. The van der Waals surface area contributed by atoms with Crippen molar-refractivity contribution in [1.29, 1.82) is 0 Å². The summed E-state index contributed by atoms with van der Waals surface area (Å²) in [6, 6.07) is 2.33. The lowest BCUT2D eigenvalue weighted by Gasteiger charge is -2.26. The maximum atomic E-state index is 12.7. The van der Waals surface area contributed by atoms with Gasteiger partial charge in [-0.3, -0.25) is 4.79 Å². The summed E-state index contributed by atoms with van der Waals surface area (Å²) in [7, 11) is 0. The molecular weight excluding hydrogens is 388 g/mol. The van der Waals surface area contributed by atoms with Crippen molar-refractivity contribution in [3.8, 4) is 0 Å². The summed E-state index contributed by atoms with van der Waals surface area (Å²) >= 11 is 5.12. The van der Waals surface area contributed by atoms with E-state index in [1.165, 1.54) is 19.3 Å². The molecule has 1 saturated carbocycles. The van der Waals surface area contributed by atoms with Gasteiger partial charge < -0.3 is 10.2 Å². The van der Waals surface area contributed by atoms with Gasteiger partial charge in [-0.1, -0.05) is 19.3 Å². The van der Waals surface area contributed by atoms with Crippen LogP contribution >= 0.6 is 27.3 Å². The van der Waals surface area contributed by atoms with Crippen molar-refractivity contribution in [1.82, 2.24) is 14.9 Å². The van der Waals surface area contributed by atoms with Crippen LogP contribution in [0.4, 0.5) is 5.82 Å². The molecule has 7 heteroatoms. The summed E-state index contributed by atoms with van der Waals surface area (Å²) in [5.74, 6) is 1.50. The van der Waals surface area contributed by atoms with Crippen molar-refractivity contribution >= 4 is 49.2 Å². The Kier molecular flexibility index (Phi) is 4.72. The Labute approximate surface area is 154 Å². The fraction of sp³-hybridized carbons (Fsp3) is 0.588. The van der Waals surface area contributed by atoms with Gasteiger partial charge in [0.2, 0.25) is 5.91 Å². The van der Waals surface area contributed by atoms with Gasteiger partial charge in [-0.05, 0) is 41.3 Å². The molecule has 0 radical (unpaired) electrons. The van der Waals surface area contributed by atoms with Crippen molar-refractivity contribution in [2.75, 3.05) is 18.4 Å². The minimum atomic E-state index is 0.260. The van der Waals surface area contributed by atoms with Crippen LogP contribution in [0, 0.1) is 5.92 Å². The number of thiophene rings is 1. The average molecular weight is 409 g/mol. The van der Waals surface area contributed by atoms with E-state index in [0.717, 1.165) is 52.2 Å². The molecule has 4 rings (SSSR count). The van der Waals surface area contributed by atoms with Crippen LogP contribution in [0.3, 0.4) is 0 Å². The normalized spacial score (nSPS) is 22.2. The number of hydrogen-bond acceptors (Lipinski definition) is 5. The summed E-state index contributed by atoms with van der Waals surface area (Å²) in [6.07, 6.45) is 8.43. The molecule has 1 saturated heterocycles. The highest BCUT2D eigenvalue weighted by molar-refractivity contribution is 9.11. The van der Waals surface area contributed by atoms with Crippen LogP contribution < -0.4 is 5.32 Å². The van der Waals surface area contributed by atoms with E-state index in [1.807, 2.05) is 0 Å². The van der Waals surface area contributed by atoms with Crippen LogP contribution in [0.1, 0.15) is 38.5 Å². The summed E-state index contributed by atoms with van der Waals surface area (Å²) in [6.45, 7) is 1.64. The highest BCUT2D eigenvalue weighted by Gasteiger charge is 2.31. The molecule has 128 valence electrons. The number of likely N-dealkylation sites (tertiary alicyclic amines) is 1. The number of aromatic nitrogens is 2. The van der Waals surface area contributed by atoms with Crippen LogP contribution in [0.25, 0.3) is 10.2 Å². The molecule has 5 nitrogen and oxygen atoms in total. The lowest BCUT2D eigenvalue weighted by molar-refractivity contribution is -0.135. The van der Waals surface area contributed by atoms with Gasteiger partial charge >= 0.3 is 0 Å². The standard InChI is InChI=1S/C17H21BrN4OS/c18-14-8-13-15(19-10-20-16(13)24-14)21-12-6-7-22(9-12)17(23)11-4-2-1-3-5-11/h8,10-12H,1-7,9H2,(H,19,20,21)/t12-/m0/s1. The van der Waals surface area contributed by atoms with Crippen LogP contribution in [0.5, 0.6) is 0 Å². The maximum absolute atomic E-state index is 12.7. The van der Waals surface area contributed by atoms with Gasteiger partial charge in [-0.15, -0.1) is 11.3 Å². The first-order chi connectivity index (χ1) is 11.7. The molecule has 1 amide bonds. The monoisotopic (exact) mass is 408 g/mol. The molecule has 0 aromatic carbocycles. The van der Waals surface area contributed by atoms with E-state index in [9.17, 15) is 4.79 Å². The predicted octanol–water partition coefficient (Wildman–Crippen LogP) is 4.05. The Morgan fingerprint density at radius 3 is 2.92 bits per heavy atom. The molecule has 1 N–H and O–H groups in total. The van der Waals surface area contributed by atoms with Crippen molar-refractivity contribution in [2.45, 2.75) is 44.6 Å². The SMILES string of the molecule is O=C(C1CCCCC1)N1CC[C@H](Nc2ncnc3sc(Br)cc23)C1. The minimum absolute atomic E-state index is 0.260. The number of carbonyl (C=O) groups excluding carboxylic acids is 1. The van der Waals surface area contributed by atoms with Gasteiger partial charge in [-0.2, -0.15) is 0 Å². The molecule has 0 bridgehead atoms. The van der Waals surface area contributed by atoms with Gasteiger partial charge in [0.1, 0.15) is 17.0 Å². The van der Waals surface area contributed by atoms with E-state index in [-0.39, 0.29) is 12.0 Å². The van der Waals surface area contributed by atoms with Crippen LogP contribution in [-0.2, 0) is 4.79 Å². The summed E-state index contributed by atoms with van der Waals surface area (Å²) < 4.78 is 1.06. The number of fused-ring (bicyclic) bond motifs is 1. The topological polar surface area (TPSA) is 58.1 Å². The van der Waals surface area contributed by atoms with Gasteiger partial charge in [-0.25, -0.2) is 9.97 Å². The number of nitrogens with one attached hydrogen (secondary N) is 1. The second-order valence-corrected chi connectivity index (χ2v) is 9.15. The van der Waals surface area contributed by atoms with E-state index in [4.69, 9.17) is 0 Å². The summed E-state index contributed by atoms with van der Waals surface area (Å²) in [5, 5.41) is 4.57. The number of nitrogens with zero attached hydrogens (tertiary/aromatic N) is 3. The Bertz CT molecular complexity index is 743. The number of rotatable bonds is 3. The molecule has 1 atom stereocenters. The summed E-state index contributed by atoms with van der Waals surface area (Å²) in [5.41, 5.74) is 0. The second kappa shape index (κ2) is 6.96. The largest absolute Gasteiger partial charge is 0.365 e. The van der Waals surface area contributed by atoms with Gasteiger partial charge in [0.25, 0.3) is 0 Å². The number of carbonyl (C=O) groups is 1. The number of amides is 1. The Morgan fingerprint density at radius 2 is 2.08 bits per heavy atom. The number of halogens is 1. The minimum Gasteiger partial charge on any atom is -0.365 e.